The molecule has 0 bridgehead atoms. The lowest BCUT2D eigenvalue weighted by Gasteiger charge is -2.22. The molecule has 1 N–H and O–H groups in total. The van der Waals surface area contributed by atoms with Crippen molar-refractivity contribution < 1.29 is 22.7 Å². The Labute approximate surface area is 191 Å². The van der Waals surface area contributed by atoms with E-state index in [4.69, 9.17) is 0 Å². The molecule has 6 nitrogen and oxygen atoms in total. The highest BCUT2D eigenvalue weighted by atomic mass is 32.2. The van der Waals surface area contributed by atoms with Gasteiger partial charge in [-0.05, 0) is 47.9 Å². The minimum Gasteiger partial charge on any atom is -0.480 e. The van der Waals surface area contributed by atoms with Gasteiger partial charge in [-0.2, -0.15) is 4.31 Å². The quantitative estimate of drug-likeness (QED) is 0.400. The normalized spacial score (nSPS) is 11.8. The van der Waals surface area contributed by atoms with E-state index in [9.17, 15) is 22.7 Å². The van der Waals surface area contributed by atoms with Crippen molar-refractivity contribution in [3.05, 3.63) is 102 Å². The zero-order chi connectivity index (χ0) is 23.4. The van der Waals surface area contributed by atoms with Crippen molar-refractivity contribution in [1.82, 2.24) is 8.87 Å². The zero-order valence-electron chi connectivity index (χ0n) is 17.8. The van der Waals surface area contributed by atoms with Crippen LogP contribution in [0.1, 0.15) is 11.1 Å². The van der Waals surface area contributed by atoms with Gasteiger partial charge >= 0.3 is 5.97 Å². The van der Waals surface area contributed by atoms with E-state index in [-0.39, 0.29) is 24.5 Å². The molecule has 0 aliphatic heterocycles. The van der Waals surface area contributed by atoms with E-state index in [1.807, 2.05) is 54.6 Å². The number of carboxylic acids is 1. The first-order valence-corrected chi connectivity index (χ1v) is 11.9. The Morgan fingerprint density at radius 1 is 0.939 bits per heavy atom. The van der Waals surface area contributed by atoms with Crippen LogP contribution in [0, 0.1) is 5.82 Å². The van der Waals surface area contributed by atoms with Gasteiger partial charge in [-0.3, -0.25) is 4.79 Å². The Kier molecular flexibility index (Phi) is 6.57. The maximum atomic E-state index is 13.4. The van der Waals surface area contributed by atoms with Crippen LogP contribution >= 0.6 is 0 Å². The Morgan fingerprint density at radius 3 is 2.30 bits per heavy atom. The summed E-state index contributed by atoms with van der Waals surface area (Å²) in [7, 11) is -3.89. The van der Waals surface area contributed by atoms with Crippen molar-refractivity contribution in [3.63, 3.8) is 0 Å². The second-order valence-electron chi connectivity index (χ2n) is 7.72. The molecule has 0 aliphatic carbocycles. The standard InChI is InChI=1S/C25H23FN2O4S/c26-21-10-12-22(13-11-21)33(31,32)28(16-19-6-2-1-3-7-19)15-14-20-17-27(18-25(29)30)24-9-5-4-8-23(20)24/h1-13,17H,14-16,18H2,(H,29,30)/i26-1. The predicted molar refractivity (Wildman–Crippen MR) is 124 cm³/mol. The Morgan fingerprint density at radius 2 is 1.61 bits per heavy atom. The maximum absolute atomic E-state index is 13.4. The predicted octanol–water partition coefficient (Wildman–Crippen LogP) is 4.30. The molecule has 0 saturated carbocycles. The molecule has 3 aromatic carbocycles. The second kappa shape index (κ2) is 9.56. The molecule has 33 heavy (non-hydrogen) atoms. The van der Waals surface area contributed by atoms with Gasteiger partial charge in [-0.15, -0.1) is 0 Å². The van der Waals surface area contributed by atoms with Crippen LogP contribution in [0.2, 0.25) is 0 Å². The zero-order valence-corrected chi connectivity index (χ0v) is 18.6. The lowest BCUT2D eigenvalue weighted by Crippen LogP contribution is -2.32. The molecule has 4 aromatic rings. The summed E-state index contributed by atoms with van der Waals surface area (Å²) in [5.74, 6) is -1.46. The summed E-state index contributed by atoms with van der Waals surface area (Å²) < 4.78 is 43.2. The number of carboxylic acid groups (broad SMARTS) is 1. The van der Waals surface area contributed by atoms with Gasteiger partial charge < -0.3 is 9.67 Å². The Bertz CT molecular complexity index is 1370. The highest BCUT2D eigenvalue weighted by molar-refractivity contribution is 7.89. The number of nitrogens with zero attached hydrogens (tertiary/aromatic N) is 2. The third-order valence-electron chi connectivity index (χ3n) is 5.46. The minimum atomic E-state index is -3.89. The van der Waals surface area contributed by atoms with E-state index in [1.165, 1.54) is 16.4 Å². The third kappa shape index (κ3) is 5.13. The molecule has 0 aliphatic rings. The highest BCUT2D eigenvalue weighted by Crippen LogP contribution is 2.24. The minimum absolute atomic E-state index is 0.0214. The molecule has 0 unspecified atom stereocenters. The van der Waals surface area contributed by atoms with Crippen LogP contribution in [-0.4, -0.2) is 34.9 Å². The monoisotopic (exact) mass is 465 g/mol. The van der Waals surface area contributed by atoms with E-state index in [0.29, 0.717) is 6.42 Å². The fourth-order valence-electron chi connectivity index (χ4n) is 3.87. The molecule has 4 rings (SSSR count). The van der Waals surface area contributed by atoms with Crippen molar-refractivity contribution in [2.75, 3.05) is 6.54 Å². The van der Waals surface area contributed by atoms with E-state index in [0.717, 1.165) is 34.2 Å². The summed E-state index contributed by atoms with van der Waals surface area (Å²) in [5.41, 5.74) is 2.47. The van der Waals surface area contributed by atoms with Crippen molar-refractivity contribution in [2.24, 2.45) is 0 Å². The molecule has 0 fully saturated rings. The fraction of sp³-hybridized carbons (Fsp3) is 0.160. The number of sulfonamides is 1. The van der Waals surface area contributed by atoms with Crippen LogP contribution in [0.5, 0.6) is 0 Å². The van der Waals surface area contributed by atoms with Crippen LogP contribution in [0.25, 0.3) is 10.9 Å². The largest absolute Gasteiger partial charge is 0.480 e. The van der Waals surface area contributed by atoms with Gasteiger partial charge in [0.25, 0.3) is 0 Å². The molecule has 8 heteroatoms. The molecule has 1 aromatic heterocycles. The number of carbonyl (C=O) groups is 1. The molecule has 0 atom stereocenters. The van der Waals surface area contributed by atoms with E-state index >= 15 is 0 Å². The molecule has 0 radical (unpaired) electrons. The van der Waals surface area contributed by atoms with Gasteiger partial charge in [0.1, 0.15) is 12.4 Å². The van der Waals surface area contributed by atoms with Crippen LogP contribution in [0.15, 0.2) is 90.0 Å². The van der Waals surface area contributed by atoms with Crippen molar-refractivity contribution >= 4 is 26.9 Å². The van der Waals surface area contributed by atoms with Crippen LogP contribution in [0.3, 0.4) is 0 Å². The fourth-order valence-corrected chi connectivity index (χ4v) is 5.30. The lowest BCUT2D eigenvalue weighted by atomic mass is 10.1. The summed E-state index contributed by atoms with van der Waals surface area (Å²) in [4.78, 5) is 11.3. The number of para-hydroxylation sites is 1. The summed E-state index contributed by atoms with van der Waals surface area (Å²) in [5, 5.41) is 10.1. The molecule has 0 amide bonds. The number of aromatic nitrogens is 1. The summed E-state index contributed by atoms with van der Waals surface area (Å²) in [6.07, 6.45) is 2.16. The first-order chi connectivity index (χ1) is 15.8. The molecule has 0 saturated heterocycles. The lowest BCUT2D eigenvalue weighted by molar-refractivity contribution is -0.137. The number of rotatable bonds is 9. The first kappa shape index (κ1) is 22.7. The van der Waals surface area contributed by atoms with Gasteiger partial charge in [0.15, 0.2) is 0 Å². The van der Waals surface area contributed by atoms with E-state index in [2.05, 4.69) is 0 Å². The van der Waals surface area contributed by atoms with Gasteiger partial charge in [-0.25, -0.2) is 12.8 Å². The number of benzene rings is 3. The smallest absolute Gasteiger partial charge is 0.323 e. The topological polar surface area (TPSA) is 79.6 Å². The van der Waals surface area contributed by atoms with Gasteiger partial charge in [0, 0.05) is 30.2 Å². The Hall–Kier alpha value is -3.49. The van der Waals surface area contributed by atoms with Crippen molar-refractivity contribution in [3.8, 4) is 0 Å². The summed E-state index contributed by atoms with van der Waals surface area (Å²) in [6.45, 7) is 0.159. The van der Waals surface area contributed by atoms with E-state index < -0.39 is 21.8 Å². The van der Waals surface area contributed by atoms with Crippen molar-refractivity contribution in [2.45, 2.75) is 24.4 Å². The third-order valence-corrected chi connectivity index (χ3v) is 7.32. The van der Waals surface area contributed by atoms with Crippen LogP contribution < -0.4 is 0 Å². The average molecular weight is 466 g/mol. The first-order valence-electron chi connectivity index (χ1n) is 10.4. The molecular weight excluding hydrogens is 442 g/mol. The maximum Gasteiger partial charge on any atom is 0.323 e. The average Bonchev–Trinajstić information content (AvgIpc) is 3.14. The highest BCUT2D eigenvalue weighted by Gasteiger charge is 2.25. The number of fused-ring (bicyclic) bond motifs is 1. The SMILES string of the molecule is O=C(O)Cn1cc(CCN(Cc2ccccc2)S(=O)(=O)c2ccc([18F])cc2)c2ccccc21. The number of hydrogen-bond donors (Lipinski definition) is 1. The number of aliphatic carboxylic acids is 1. The number of halogens is 1. The van der Waals surface area contributed by atoms with Crippen molar-refractivity contribution in [1.29, 1.82) is 0 Å². The summed E-state index contributed by atoms with van der Waals surface area (Å²) >= 11 is 0. The Balaban J connectivity index is 1.66. The molecule has 170 valence electrons. The number of hydrogen-bond acceptors (Lipinski definition) is 3. The van der Waals surface area contributed by atoms with Gasteiger partial charge in [0.05, 0.1) is 4.90 Å². The van der Waals surface area contributed by atoms with Crippen LogP contribution in [-0.2, 0) is 34.3 Å². The van der Waals surface area contributed by atoms with Gasteiger partial charge in [0.2, 0.25) is 10.0 Å². The molecular formula is C25H23FN2O4S. The van der Waals surface area contributed by atoms with Crippen LogP contribution in [0.4, 0.5) is 4.39 Å². The van der Waals surface area contributed by atoms with Gasteiger partial charge in [-0.1, -0.05) is 48.5 Å². The summed E-state index contributed by atoms with van der Waals surface area (Å²) in [6, 6.07) is 21.5. The second-order valence-corrected chi connectivity index (χ2v) is 9.66. The molecule has 1 heterocycles. The molecule has 0 spiro atoms. The van der Waals surface area contributed by atoms with E-state index in [1.54, 1.807) is 10.8 Å².